The predicted molar refractivity (Wildman–Crippen MR) is 117 cm³/mol. The fourth-order valence-corrected chi connectivity index (χ4v) is 4.58. The molecule has 0 heterocycles. The van der Waals surface area contributed by atoms with E-state index in [1.54, 1.807) is 6.07 Å². The summed E-state index contributed by atoms with van der Waals surface area (Å²) in [4.78, 5) is 2.45. The lowest BCUT2D eigenvalue weighted by atomic mass is 9.61. The Morgan fingerprint density at radius 3 is 2.37 bits per heavy atom. The lowest BCUT2D eigenvalue weighted by Crippen LogP contribution is -2.40. The Morgan fingerprint density at radius 1 is 1.07 bits per heavy atom. The van der Waals surface area contributed by atoms with E-state index in [0.717, 1.165) is 51.3 Å². The molecule has 1 aliphatic carbocycles. The van der Waals surface area contributed by atoms with Crippen molar-refractivity contribution >= 4 is 0 Å². The summed E-state index contributed by atoms with van der Waals surface area (Å²) in [5, 5.41) is 10.2. The van der Waals surface area contributed by atoms with Crippen molar-refractivity contribution in [3.8, 4) is 6.07 Å². The zero-order valence-electron chi connectivity index (χ0n) is 18.1. The first-order valence-electron chi connectivity index (χ1n) is 11.1. The molecule has 1 aliphatic rings. The molecule has 2 nitrogen and oxygen atoms in total. The molecule has 3 rings (SSSR count). The Bertz CT molecular complexity index is 855. The maximum absolute atomic E-state index is 14.0. The lowest BCUT2D eigenvalue weighted by Gasteiger charge is -2.41. The smallest absolute Gasteiger partial charge is 0.159 e. The molecule has 160 valence electrons. The van der Waals surface area contributed by atoms with Crippen LogP contribution in [0.1, 0.15) is 57.1 Å². The number of nitriles is 1. The van der Waals surface area contributed by atoms with Crippen LogP contribution in [0, 0.1) is 28.9 Å². The van der Waals surface area contributed by atoms with Crippen molar-refractivity contribution in [2.45, 2.75) is 63.8 Å². The van der Waals surface area contributed by atoms with Crippen LogP contribution in [0.2, 0.25) is 0 Å². The molecule has 1 unspecified atom stereocenters. The molecule has 0 radical (unpaired) electrons. The Balaban J connectivity index is 1.68. The van der Waals surface area contributed by atoms with Crippen LogP contribution in [0.25, 0.3) is 0 Å². The molecule has 30 heavy (non-hydrogen) atoms. The molecular formula is C26H32F2N2. The quantitative estimate of drug-likeness (QED) is 0.462. The van der Waals surface area contributed by atoms with Gasteiger partial charge in [0.15, 0.2) is 11.6 Å². The summed E-state index contributed by atoms with van der Waals surface area (Å²) in [5.74, 6) is -1.49. The van der Waals surface area contributed by atoms with Gasteiger partial charge >= 0.3 is 0 Å². The molecule has 2 aromatic rings. The summed E-state index contributed by atoms with van der Waals surface area (Å²) >= 11 is 0. The Hall–Kier alpha value is -2.25. The Morgan fingerprint density at radius 2 is 1.80 bits per heavy atom. The highest BCUT2D eigenvalue weighted by molar-refractivity contribution is 5.35. The molecule has 2 aromatic carbocycles. The summed E-state index contributed by atoms with van der Waals surface area (Å²) < 4.78 is 27.5. The number of benzene rings is 2. The van der Waals surface area contributed by atoms with Gasteiger partial charge in [0.2, 0.25) is 0 Å². The van der Waals surface area contributed by atoms with Crippen LogP contribution in [-0.2, 0) is 11.8 Å². The van der Waals surface area contributed by atoms with Gasteiger partial charge in [0.1, 0.15) is 0 Å². The highest BCUT2D eigenvalue weighted by Crippen LogP contribution is 2.47. The van der Waals surface area contributed by atoms with Crippen LogP contribution in [0.3, 0.4) is 0 Å². The average Bonchev–Trinajstić information content (AvgIpc) is 2.70. The molecule has 4 heteroatoms. The fourth-order valence-electron chi connectivity index (χ4n) is 4.58. The van der Waals surface area contributed by atoms with E-state index < -0.39 is 17.0 Å². The molecule has 0 aromatic heterocycles. The van der Waals surface area contributed by atoms with Gasteiger partial charge in [0, 0.05) is 12.6 Å². The number of nitrogens with zero attached hydrogens (tertiary/aromatic N) is 2. The number of rotatable bonds is 10. The minimum atomic E-state index is -0.863. The second kappa shape index (κ2) is 10.2. The summed E-state index contributed by atoms with van der Waals surface area (Å²) in [6.45, 7) is 6.26. The largest absolute Gasteiger partial charge is 0.301 e. The monoisotopic (exact) mass is 410 g/mol. The summed E-state index contributed by atoms with van der Waals surface area (Å²) in [6, 6.07) is 17.4. The van der Waals surface area contributed by atoms with Gasteiger partial charge < -0.3 is 4.90 Å². The minimum absolute atomic E-state index is 0.226. The normalized spacial score (nSPS) is 16.3. The van der Waals surface area contributed by atoms with Gasteiger partial charge in [-0.2, -0.15) is 5.26 Å². The molecule has 0 N–H and O–H groups in total. The van der Waals surface area contributed by atoms with Crippen molar-refractivity contribution in [3.05, 3.63) is 71.3 Å². The average molecular weight is 411 g/mol. The fraction of sp³-hybridized carbons (Fsp3) is 0.500. The van der Waals surface area contributed by atoms with Crippen LogP contribution >= 0.6 is 0 Å². The van der Waals surface area contributed by atoms with Gasteiger partial charge in [0.25, 0.3) is 0 Å². The van der Waals surface area contributed by atoms with Gasteiger partial charge in [0.05, 0.1) is 11.5 Å². The van der Waals surface area contributed by atoms with Crippen molar-refractivity contribution < 1.29 is 8.78 Å². The molecule has 0 bridgehead atoms. The molecule has 0 spiro atoms. The van der Waals surface area contributed by atoms with Crippen LogP contribution in [-0.4, -0.2) is 24.0 Å². The van der Waals surface area contributed by atoms with Gasteiger partial charge in [-0.05, 0) is 81.7 Å². The SMILES string of the molecule is CC(C)N(CCCC(C#N)(c1ccc(F)c(F)c1)C1CCC1)CCc1ccccc1. The van der Waals surface area contributed by atoms with E-state index in [4.69, 9.17) is 0 Å². The third kappa shape index (κ3) is 5.08. The standard InChI is InChI=1S/C26H32F2N2/c1-20(2)30(17-14-21-8-4-3-5-9-21)16-7-15-26(19-29,22-10-6-11-22)23-12-13-24(27)25(28)18-23/h3-5,8-9,12-13,18,20,22H,6-7,10-11,14-17H2,1-2H3. The Labute approximate surface area is 179 Å². The van der Waals surface area contributed by atoms with E-state index in [1.807, 2.05) is 6.07 Å². The van der Waals surface area contributed by atoms with Crippen molar-refractivity contribution in [3.63, 3.8) is 0 Å². The maximum Gasteiger partial charge on any atom is 0.159 e. The van der Waals surface area contributed by atoms with E-state index >= 15 is 0 Å². The summed E-state index contributed by atoms with van der Waals surface area (Å²) in [7, 11) is 0. The highest BCUT2D eigenvalue weighted by atomic mass is 19.2. The minimum Gasteiger partial charge on any atom is -0.301 e. The first kappa shape index (κ1) is 22.4. The van der Waals surface area contributed by atoms with Crippen molar-refractivity contribution in [1.82, 2.24) is 4.90 Å². The Kier molecular flexibility index (Phi) is 7.61. The van der Waals surface area contributed by atoms with Crippen molar-refractivity contribution in [2.75, 3.05) is 13.1 Å². The zero-order valence-corrected chi connectivity index (χ0v) is 18.1. The van der Waals surface area contributed by atoms with Crippen LogP contribution < -0.4 is 0 Å². The molecule has 1 fully saturated rings. The molecule has 0 amide bonds. The zero-order chi connectivity index (χ0) is 21.6. The lowest BCUT2D eigenvalue weighted by molar-refractivity contribution is 0.174. The van der Waals surface area contributed by atoms with Crippen LogP contribution in [0.4, 0.5) is 8.78 Å². The molecular weight excluding hydrogens is 378 g/mol. The predicted octanol–water partition coefficient (Wildman–Crippen LogP) is 6.26. The summed E-state index contributed by atoms with van der Waals surface area (Å²) in [5.41, 5.74) is 1.23. The third-order valence-electron chi connectivity index (χ3n) is 6.71. The molecule has 0 saturated heterocycles. The van der Waals surface area contributed by atoms with Crippen molar-refractivity contribution in [1.29, 1.82) is 5.26 Å². The van der Waals surface area contributed by atoms with Crippen LogP contribution in [0.15, 0.2) is 48.5 Å². The van der Waals surface area contributed by atoms with E-state index in [1.165, 1.54) is 11.6 Å². The van der Waals surface area contributed by atoms with E-state index in [9.17, 15) is 14.0 Å². The number of halogens is 2. The maximum atomic E-state index is 14.0. The van der Waals surface area contributed by atoms with E-state index in [2.05, 4.69) is 49.1 Å². The number of hydrogen-bond donors (Lipinski definition) is 0. The summed E-state index contributed by atoms with van der Waals surface area (Å²) in [6.07, 6.45) is 5.59. The van der Waals surface area contributed by atoms with Crippen molar-refractivity contribution in [2.24, 2.45) is 5.92 Å². The van der Waals surface area contributed by atoms with Crippen LogP contribution in [0.5, 0.6) is 0 Å². The highest BCUT2D eigenvalue weighted by Gasteiger charge is 2.43. The molecule has 1 atom stereocenters. The third-order valence-corrected chi connectivity index (χ3v) is 6.71. The van der Waals surface area contributed by atoms with E-state index in [-0.39, 0.29) is 5.92 Å². The molecule has 1 saturated carbocycles. The second-order valence-corrected chi connectivity index (χ2v) is 8.81. The first-order chi connectivity index (χ1) is 14.5. The molecule has 0 aliphatic heterocycles. The first-order valence-corrected chi connectivity index (χ1v) is 11.1. The second-order valence-electron chi connectivity index (χ2n) is 8.81. The van der Waals surface area contributed by atoms with Gasteiger partial charge in [-0.25, -0.2) is 8.78 Å². The van der Waals surface area contributed by atoms with Gasteiger partial charge in [-0.15, -0.1) is 0 Å². The van der Waals surface area contributed by atoms with Gasteiger partial charge in [-0.3, -0.25) is 0 Å². The number of hydrogen-bond acceptors (Lipinski definition) is 2. The van der Waals surface area contributed by atoms with Gasteiger partial charge in [-0.1, -0.05) is 42.8 Å². The topological polar surface area (TPSA) is 27.0 Å². The van der Waals surface area contributed by atoms with E-state index in [0.29, 0.717) is 18.0 Å².